The molecule has 4 rings (SSSR count). The van der Waals surface area contributed by atoms with Gasteiger partial charge in [-0.25, -0.2) is 8.42 Å². The summed E-state index contributed by atoms with van der Waals surface area (Å²) in [6.45, 7) is 0.969. The van der Waals surface area contributed by atoms with E-state index in [2.05, 4.69) is 15.1 Å². The van der Waals surface area contributed by atoms with Gasteiger partial charge in [-0.2, -0.15) is 9.29 Å². The Morgan fingerprint density at radius 2 is 1.93 bits per heavy atom. The highest BCUT2D eigenvalue weighted by molar-refractivity contribution is 7.89. The van der Waals surface area contributed by atoms with Gasteiger partial charge in [0.2, 0.25) is 10.0 Å². The highest BCUT2D eigenvalue weighted by Gasteiger charge is 2.30. The number of pyridine rings is 1. The second kappa shape index (κ2) is 8.17. The SMILES string of the molecule is O=S(=O)(c1ccccc1)N1CCCC(OCc2noc(-c3ccncc3)n2)C1. The predicted octanol–water partition coefficient (Wildman–Crippen LogP) is 2.50. The van der Waals surface area contributed by atoms with Gasteiger partial charge in [0.15, 0.2) is 5.82 Å². The molecule has 1 fully saturated rings. The van der Waals surface area contributed by atoms with Crippen LogP contribution in [0.5, 0.6) is 0 Å². The molecular weight excluding hydrogens is 380 g/mol. The van der Waals surface area contributed by atoms with Gasteiger partial charge in [0.1, 0.15) is 6.61 Å². The Hall–Kier alpha value is -2.62. The summed E-state index contributed by atoms with van der Waals surface area (Å²) in [4.78, 5) is 8.58. The summed E-state index contributed by atoms with van der Waals surface area (Å²) in [5.41, 5.74) is 0.784. The van der Waals surface area contributed by atoms with Crippen molar-refractivity contribution in [3.05, 3.63) is 60.7 Å². The molecular formula is C19H20N4O4S. The molecule has 3 aromatic rings. The Balaban J connectivity index is 1.38. The first kappa shape index (κ1) is 18.7. The third-order valence-corrected chi connectivity index (χ3v) is 6.44. The predicted molar refractivity (Wildman–Crippen MR) is 101 cm³/mol. The maximum atomic E-state index is 12.8. The topological polar surface area (TPSA) is 98.4 Å². The number of hydrogen-bond donors (Lipinski definition) is 0. The van der Waals surface area contributed by atoms with Crippen LogP contribution in [0.15, 0.2) is 64.3 Å². The Kier molecular flexibility index (Phi) is 5.47. The van der Waals surface area contributed by atoms with Gasteiger partial charge in [-0.3, -0.25) is 4.98 Å². The number of hydrogen-bond acceptors (Lipinski definition) is 7. The van der Waals surface area contributed by atoms with Crippen molar-refractivity contribution in [1.29, 1.82) is 0 Å². The van der Waals surface area contributed by atoms with Gasteiger partial charge in [-0.1, -0.05) is 23.4 Å². The van der Waals surface area contributed by atoms with Crippen molar-refractivity contribution in [3.63, 3.8) is 0 Å². The van der Waals surface area contributed by atoms with E-state index in [-0.39, 0.29) is 12.7 Å². The zero-order valence-electron chi connectivity index (χ0n) is 15.1. The van der Waals surface area contributed by atoms with E-state index in [0.717, 1.165) is 18.4 Å². The molecule has 2 aromatic heterocycles. The minimum absolute atomic E-state index is 0.165. The second-order valence-electron chi connectivity index (χ2n) is 6.50. The van der Waals surface area contributed by atoms with Crippen LogP contribution in [0.4, 0.5) is 0 Å². The molecule has 1 aliphatic heterocycles. The zero-order valence-corrected chi connectivity index (χ0v) is 16.0. The summed E-state index contributed by atoms with van der Waals surface area (Å²) in [6.07, 6.45) is 4.62. The summed E-state index contributed by atoms with van der Waals surface area (Å²) >= 11 is 0. The van der Waals surface area contributed by atoms with Crippen LogP contribution in [-0.4, -0.2) is 47.0 Å². The maximum absolute atomic E-state index is 12.8. The third-order valence-electron chi connectivity index (χ3n) is 4.57. The van der Waals surface area contributed by atoms with Gasteiger partial charge < -0.3 is 9.26 Å². The molecule has 0 N–H and O–H groups in total. The number of piperidine rings is 1. The Labute approximate surface area is 163 Å². The lowest BCUT2D eigenvalue weighted by molar-refractivity contribution is 0.00438. The quantitative estimate of drug-likeness (QED) is 0.627. The first-order valence-corrected chi connectivity index (χ1v) is 10.5. The van der Waals surface area contributed by atoms with Crippen molar-refractivity contribution in [2.24, 2.45) is 0 Å². The lowest BCUT2D eigenvalue weighted by Crippen LogP contribution is -2.43. The van der Waals surface area contributed by atoms with Crippen LogP contribution in [0.25, 0.3) is 11.5 Å². The molecule has 1 unspecified atom stereocenters. The Morgan fingerprint density at radius 3 is 2.71 bits per heavy atom. The van der Waals surface area contributed by atoms with Crippen molar-refractivity contribution in [3.8, 4) is 11.5 Å². The summed E-state index contributed by atoms with van der Waals surface area (Å²) in [5.74, 6) is 0.827. The van der Waals surface area contributed by atoms with Crippen molar-refractivity contribution in [1.82, 2.24) is 19.4 Å². The number of ether oxygens (including phenoxy) is 1. The van der Waals surface area contributed by atoms with Gasteiger partial charge in [0, 0.05) is 31.0 Å². The first-order valence-electron chi connectivity index (χ1n) is 9.03. The molecule has 1 atom stereocenters. The number of aromatic nitrogens is 3. The number of nitrogens with zero attached hydrogens (tertiary/aromatic N) is 4. The third kappa shape index (κ3) is 4.11. The zero-order chi connectivity index (χ0) is 19.4. The van der Waals surface area contributed by atoms with E-state index in [1.165, 1.54) is 4.31 Å². The van der Waals surface area contributed by atoms with E-state index in [4.69, 9.17) is 9.26 Å². The monoisotopic (exact) mass is 400 g/mol. The average molecular weight is 400 g/mol. The Bertz CT molecular complexity index is 1010. The molecule has 9 heteroatoms. The highest BCUT2D eigenvalue weighted by Crippen LogP contribution is 2.23. The van der Waals surface area contributed by atoms with Crippen LogP contribution in [0.1, 0.15) is 18.7 Å². The number of sulfonamides is 1. The molecule has 3 heterocycles. The van der Waals surface area contributed by atoms with E-state index in [1.54, 1.807) is 54.9 Å². The molecule has 0 amide bonds. The van der Waals surface area contributed by atoms with Crippen molar-refractivity contribution in [2.45, 2.75) is 30.4 Å². The second-order valence-corrected chi connectivity index (χ2v) is 8.44. The first-order chi connectivity index (χ1) is 13.6. The Morgan fingerprint density at radius 1 is 1.14 bits per heavy atom. The van der Waals surface area contributed by atoms with Crippen molar-refractivity contribution in [2.75, 3.05) is 13.1 Å². The summed E-state index contributed by atoms with van der Waals surface area (Å²) in [7, 11) is -3.51. The van der Waals surface area contributed by atoms with Gasteiger partial charge in [0.25, 0.3) is 5.89 Å². The van der Waals surface area contributed by atoms with Crippen LogP contribution >= 0.6 is 0 Å². The fraction of sp³-hybridized carbons (Fsp3) is 0.316. The van der Waals surface area contributed by atoms with Crippen LogP contribution in [0.3, 0.4) is 0 Å². The van der Waals surface area contributed by atoms with Crippen LogP contribution in [0, 0.1) is 0 Å². The van der Waals surface area contributed by atoms with Gasteiger partial charge >= 0.3 is 0 Å². The molecule has 0 radical (unpaired) electrons. The smallest absolute Gasteiger partial charge is 0.258 e. The molecule has 0 bridgehead atoms. The molecule has 146 valence electrons. The molecule has 1 aliphatic rings. The van der Waals surface area contributed by atoms with Gasteiger partial charge in [-0.05, 0) is 37.1 Å². The number of rotatable bonds is 6. The number of benzene rings is 1. The fourth-order valence-electron chi connectivity index (χ4n) is 3.12. The molecule has 28 heavy (non-hydrogen) atoms. The average Bonchev–Trinajstić information content (AvgIpc) is 3.23. The molecule has 8 nitrogen and oxygen atoms in total. The minimum Gasteiger partial charge on any atom is -0.369 e. The summed E-state index contributed by atoms with van der Waals surface area (Å²) < 4.78 is 38.2. The van der Waals surface area contributed by atoms with Gasteiger partial charge in [-0.15, -0.1) is 0 Å². The van der Waals surface area contributed by atoms with Crippen molar-refractivity contribution >= 4 is 10.0 Å². The normalized spacial score (nSPS) is 18.2. The molecule has 1 aromatic carbocycles. The fourth-order valence-corrected chi connectivity index (χ4v) is 4.65. The molecule has 0 saturated carbocycles. The maximum Gasteiger partial charge on any atom is 0.258 e. The molecule has 1 saturated heterocycles. The summed E-state index contributed by atoms with van der Waals surface area (Å²) in [6, 6.07) is 12.0. The van der Waals surface area contributed by atoms with Crippen LogP contribution in [-0.2, 0) is 21.4 Å². The van der Waals surface area contributed by atoms with E-state index < -0.39 is 10.0 Å². The van der Waals surface area contributed by atoms with Gasteiger partial charge in [0.05, 0.1) is 11.0 Å². The van der Waals surface area contributed by atoms with E-state index in [0.29, 0.717) is 29.7 Å². The lowest BCUT2D eigenvalue weighted by Gasteiger charge is -2.31. The van der Waals surface area contributed by atoms with E-state index >= 15 is 0 Å². The van der Waals surface area contributed by atoms with Crippen molar-refractivity contribution < 1.29 is 17.7 Å². The van der Waals surface area contributed by atoms with Crippen LogP contribution in [0.2, 0.25) is 0 Å². The lowest BCUT2D eigenvalue weighted by atomic mass is 10.1. The van der Waals surface area contributed by atoms with Crippen LogP contribution < -0.4 is 0 Å². The van der Waals surface area contributed by atoms with E-state index in [9.17, 15) is 8.42 Å². The van der Waals surface area contributed by atoms with E-state index in [1.807, 2.05) is 0 Å². The summed E-state index contributed by atoms with van der Waals surface area (Å²) in [5, 5.41) is 3.93. The molecule has 0 spiro atoms. The standard InChI is InChI=1S/C19H20N4O4S/c24-28(25,17-6-2-1-3-7-17)23-12-4-5-16(13-23)26-14-18-21-19(27-22-18)15-8-10-20-11-9-15/h1-3,6-11,16H,4-5,12-14H2. The highest BCUT2D eigenvalue weighted by atomic mass is 32.2. The minimum atomic E-state index is -3.51. The molecule has 0 aliphatic carbocycles. The largest absolute Gasteiger partial charge is 0.369 e.